The largest absolute Gasteiger partial charge is 0.493 e. The highest BCUT2D eigenvalue weighted by molar-refractivity contribution is 6.04. The number of halogens is 1. The Morgan fingerprint density at radius 3 is 2.73 bits per heavy atom. The summed E-state index contributed by atoms with van der Waals surface area (Å²) in [5.74, 6) is -0.589. The van der Waals surface area contributed by atoms with Crippen LogP contribution in [0.15, 0.2) is 54.6 Å². The molecule has 1 aliphatic rings. The summed E-state index contributed by atoms with van der Waals surface area (Å²) in [7, 11) is 1.85. The maximum absolute atomic E-state index is 15.9. The fourth-order valence-electron chi connectivity index (χ4n) is 6.17. The van der Waals surface area contributed by atoms with E-state index in [1.165, 1.54) is 6.07 Å². The minimum Gasteiger partial charge on any atom is -0.493 e. The van der Waals surface area contributed by atoms with E-state index in [9.17, 15) is 9.90 Å². The van der Waals surface area contributed by atoms with Crippen molar-refractivity contribution in [2.24, 2.45) is 7.05 Å². The molecule has 0 saturated carbocycles. The van der Waals surface area contributed by atoms with Gasteiger partial charge in [0.05, 0.1) is 30.1 Å². The van der Waals surface area contributed by atoms with Crippen LogP contribution in [0.5, 0.6) is 5.75 Å². The van der Waals surface area contributed by atoms with E-state index < -0.39 is 5.97 Å². The van der Waals surface area contributed by atoms with Gasteiger partial charge in [0.2, 0.25) is 0 Å². The van der Waals surface area contributed by atoms with Gasteiger partial charge in [0, 0.05) is 42.1 Å². The molecular weight excluding hydrogens is 521 g/mol. The van der Waals surface area contributed by atoms with Crippen molar-refractivity contribution in [2.45, 2.75) is 52.2 Å². The zero-order chi connectivity index (χ0) is 28.5. The second-order valence-electron chi connectivity index (χ2n) is 10.5. The minimum absolute atomic E-state index is 0.223. The van der Waals surface area contributed by atoms with Crippen LogP contribution in [0.2, 0.25) is 0 Å². The molecule has 0 bridgehead atoms. The van der Waals surface area contributed by atoms with E-state index in [0.29, 0.717) is 67.8 Å². The third kappa shape index (κ3) is 4.86. The van der Waals surface area contributed by atoms with Crippen LogP contribution in [-0.2, 0) is 37.8 Å². The molecule has 7 nitrogen and oxygen atoms in total. The van der Waals surface area contributed by atoms with Gasteiger partial charge in [-0.3, -0.25) is 4.68 Å². The van der Waals surface area contributed by atoms with E-state index in [1.807, 2.05) is 48.9 Å². The third-order valence-electron chi connectivity index (χ3n) is 8.04. The summed E-state index contributed by atoms with van der Waals surface area (Å²) in [6, 6.07) is 17.2. The lowest BCUT2D eigenvalue weighted by Crippen LogP contribution is -2.12. The molecule has 0 unspecified atom stereocenters. The number of carboxylic acids is 1. The third-order valence-corrected chi connectivity index (χ3v) is 8.04. The van der Waals surface area contributed by atoms with Gasteiger partial charge in [-0.15, -0.1) is 0 Å². The van der Waals surface area contributed by atoms with Crippen molar-refractivity contribution in [3.8, 4) is 16.9 Å². The van der Waals surface area contributed by atoms with Crippen LogP contribution >= 0.6 is 0 Å². The molecule has 2 aromatic heterocycles. The van der Waals surface area contributed by atoms with Gasteiger partial charge >= 0.3 is 5.97 Å². The molecule has 8 heteroatoms. The average molecular weight is 556 g/mol. The first-order chi connectivity index (χ1) is 20.0. The lowest BCUT2D eigenvalue weighted by Gasteiger charge is -2.13. The van der Waals surface area contributed by atoms with Gasteiger partial charge < -0.3 is 19.1 Å². The molecule has 3 aromatic carbocycles. The van der Waals surface area contributed by atoms with E-state index in [0.717, 1.165) is 46.1 Å². The normalized spacial score (nSPS) is 13.7. The summed E-state index contributed by atoms with van der Waals surface area (Å²) < 4.78 is 31.6. The Kier molecular flexibility index (Phi) is 7.49. The van der Waals surface area contributed by atoms with Crippen molar-refractivity contribution in [1.82, 2.24) is 14.3 Å². The summed E-state index contributed by atoms with van der Waals surface area (Å²) in [4.78, 5) is 12.8. The van der Waals surface area contributed by atoms with Crippen molar-refractivity contribution < 1.29 is 23.8 Å². The number of aromatic carboxylic acids is 1. The quantitative estimate of drug-likeness (QED) is 0.221. The Labute approximate surface area is 238 Å². The summed E-state index contributed by atoms with van der Waals surface area (Å²) in [6.07, 6.45) is 3.21. The van der Waals surface area contributed by atoms with Crippen molar-refractivity contribution in [2.75, 3.05) is 13.2 Å². The number of rotatable bonds is 7. The number of benzene rings is 3. The molecule has 0 radical (unpaired) electrons. The molecule has 41 heavy (non-hydrogen) atoms. The number of carboxylic acid groups (broad SMARTS) is 1. The molecule has 0 saturated heterocycles. The molecule has 0 spiro atoms. The molecule has 3 heterocycles. The molecule has 0 fully saturated rings. The second kappa shape index (κ2) is 11.4. The highest BCUT2D eigenvalue weighted by Crippen LogP contribution is 2.41. The number of aryl methyl sites for hydroxylation is 4. The van der Waals surface area contributed by atoms with Gasteiger partial charge in [-0.05, 0) is 61.3 Å². The number of carbonyl (C=O) groups is 1. The van der Waals surface area contributed by atoms with Gasteiger partial charge in [-0.25, -0.2) is 9.18 Å². The van der Waals surface area contributed by atoms with Crippen LogP contribution in [0.4, 0.5) is 4.39 Å². The Balaban J connectivity index is 1.44. The lowest BCUT2D eigenvalue weighted by atomic mass is 9.96. The van der Waals surface area contributed by atoms with Crippen LogP contribution in [0, 0.1) is 5.82 Å². The van der Waals surface area contributed by atoms with E-state index in [4.69, 9.17) is 9.47 Å². The van der Waals surface area contributed by atoms with Crippen LogP contribution < -0.4 is 4.74 Å². The molecular formula is C33H34FN3O4. The van der Waals surface area contributed by atoms with E-state index in [-0.39, 0.29) is 11.5 Å². The summed E-state index contributed by atoms with van der Waals surface area (Å²) in [5, 5.41) is 18.1. The molecule has 212 valence electrons. The second-order valence-corrected chi connectivity index (χ2v) is 10.5. The topological polar surface area (TPSA) is 78.5 Å². The predicted octanol–water partition coefficient (Wildman–Crippen LogP) is 6.92. The highest BCUT2D eigenvalue weighted by Gasteiger charge is 2.29. The van der Waals surface area contributed by atoms with Gasteiger partial charge in [-0.1, -0.05) is 43.3 Å². The maximum atomic E-state index is 15.9. The van der Waals surface area contributed by atoms with Crippen molar-refractivity contribution >= 4 is 27.6 Å². The number of aromatic nitrogens is 3. The number of ether oxygens (including phenoxy) is 2. The molecule has 5 aromatic rings. The molecule has 6 rings (SSSR count). The summed E-state index contributed by atoms with van der Waals surface area (Å²) in [6.45, 7) is 3.74. The first-order valence-corrected chi connectivity index (χ1v) is 14.3. The number of hydrogen-bond donors (Lipinski definition) is 1. The number of hydrogen-bond acceptors (Lipinski definition) is 4. The van der Waals surface area contributed by atoms with Crippen LogP contribution in [0.1, 0.15) is 53.6 Å². The zero-order valence-electron chi connectivity index (χ0n) is 23.5. The first kappa shape index (κ1) is 27.0. The van der Waals surface area contributed by atoms with Crippen LogP contribution in [-0.4, -0.2) is 38.6 Å². The Morgan fingerprint density at radius 2 is 1.90 bits per heavy atom. The molecule has 1 aliphatic heterocycles. The zero-order valence-corrected chi connectivity index (χ0v) is 23.5. The molecule has 0 amide bonds. The summed E-state index contributed by atoms with van der Waals surface area (Å²) >= 11 is 0. The minimum atomic E-state index is -1.01. The van der Waals surface area contributed by atoms with Crippen molar-refractivity contribution in [3.05, 3.63) is 83.1 Å². The van der Waals surface area contributed by atoms with Crippen LogP contribution in [0.25, 0.3) is 32.8 Å². The Bertz CT molecular complexity index is 1750. The van der Waals surface area contributed by atoms with Crippen molar-refractivity contribution in [1.29, 1.82) is 0 Å². The maximum Gasteiger partial charge on any atom is 0.352 e. The van der Waals surface area contributed by atoms with E-state index in [1.54, 1.807) is 10.7 Å². The average Bonchev–Trinajstić information content (AvgIpc) is 3.45. The SMILES string of the molecule is CCc1nn(C)c2c1-c1c(F)ccc3c(CCCOc4cccc5ccccc45)c(C(=O)O)n(c13)CCCCOC2. The lowest BCUT2D eigenvalue weighted by molar-refractivity contribution is 0.0683. The van der Waals surface area contributed by atoms with Gasteiger partial charge in [0.15, 0.2) is 0 Å². The number of nitrogens with zero attached hydrogens (tertiary/aromatic N) is 3. The molecule has 0 aliphatic carbocycles. The fourth-order valence-corrected chi connectivity index (χ4v) is 6.17. The standard InChI is InChI=1S/C33H34FN3O4/c1-3-26-30-27(36(2)35-26)20-40-18-7-6-17-37-31-24(15-16-25(34)29(30)31)23(32(37)33(38)39)13-9-19-41-28-14-8-11-21-10-4-5-12-22(21)28/h4-5,8,10-12,14-16H,3,6-7,9,13,17-20H2,1-2H3,(H,38,39). The molecule has 1 N–H and O–H groups in total. The first-order valence-electron chi connectivity index (χ1n) is 14.3. The van der Waals surface area contributed by atoms with Gasteiger partial charge in [-0.2, -0.15) is 5.10 Å². The number of fused-ring (bicyclic) bond motifs is 3. The van der Waals surface area contributed by atoms with Crippen molar-refractivity contribution in [3.63, 3.8) is 0 Å². The van der Waals surface area contributed by atoms with Crippen LogP contribution in [0.3, 0.4) is 0 Å². The van der Waals surface area contributed by atoms with Gasteiger partial charge in [0.25, 0.3) is 0 Å². The summed E-state index contributed by atoms with van der Waals surface area (Å²) in [5.41, 5.74) is 4.25. The Hall–Kier alpha value is -4.17. The predicted molar refractivity (Wildman–Crippen MR) is 157 cm³/mol. The smallest absolute Gasteiger partial charge is 0.352 e. The Morgan fingerprint density at radius 1 is 1.07 bits per heavy atom. The fraction of sp³-hybridized carbons (Fsp3) is 0.333. The highest BCUT2D eigenvalue weighted by atomic mass is 19.1. The van der Waals surface area contributed by atoms with Gasteiger partial charge in [0.1, 0.15) is 17.3 Å². The van der Waals surface area contributed by atoms with E-state index >= 15 is 4.39 Å². The monoisotopic (exact) mass is 555 g/mol. The van der Waals surface area contributed by atoms with E-state index in [2.05, 4.69) is 17.2 Å². The molecule has 0 atom stereocenters.